The number of rotatable bonds is 6. The van der Waals surface area contributed by atoms with Gasteiger partial charge in [-0.3, -0.25) is 4.68 Å². The largest absolute Gasteiger partial charge is 0.305 e. The molecule has 0 fully saturated rings. The van der Waals surface area contributed by atoms with Gasteiger partial charge < -0.3 is 5.32 Å². The smallest absolute Gasteiger partial charge is 0.0853 e. The Labute approximate surface area is 133 Å². The van der Waals surface area contributed by atoms with Crippen LogP contribution in [-0.4, -0.2) is 16.3 Å². The summed E-state index contributed by atoms with van der Waals surface area (Å²) >= 11 is 5.53. The summed E-state index contributed by atoms with van der Waals surface area (Å²) in [5, 5.41) is 8.10. The fourth-order valence-electron chi connectivity index (χ4n) is 2.33. The van der Waals surface area contributed by atoms with Crippen molar-refractivity contribution in [3.8, 4) is 0 Å². The maximum Gasteiger partial charge on any atom is 0.0853 e. The third-order valence-corrected chi connectivity index (χ3v) is 5.25. The van der Waals surface area contributed by atoms with Gasteiger partial charge in [0.1, 0.15) is 0 Å². The number of aryl methyl sites for hydroxylation is 3. The summed E-state index contributed by atoms with van der Waals surface area (Å²) in [6.45, 7) is 10.6. The third-order valence-electron chi connectivity index (χ3n) is 3.42. The van der Waals surface area contributed by atoms with Crippen LogP contribution in [0.4, 0.5) is 0 Å². The zero-order chi connectivity index (χ0) is 14.7. The van der Waals surface area contributed by atoms with Crippen LogP contribution in [0.3, 0.4) is 0 Å². The van der Waals surface area contributed by atoms with Gasteiger partial charge in [0.2, 0.25) is 0 Å². The SMILES string of the molecule is CCCn1ncc(Br)c1C(NCC)c1cc(C)c(C)s1. The molecule has 0 aliphatic carbocycles. The average Bonchev–Trinajstić information content (AvgIpc) is 2.92. The van der Waals surface area contributed by atoms with Crippen molar-refractivity contribution >= 4 is 27.3 Å². The van der Waals surface area contributed by atoms with Crippen LogP contribution < -0.4 is 5.32 Å². The number of nitrogens with zero attached hydrogens (tertiary/aromatic N) is 2. The molecule has 2 aromatic rings. The molecule has 0 bridgehead atoms. The van der Waals surface area contributed by atoms with Gasteiger partial charge in [0.05, 0.1) is 22.4 Å². The zero-order valence-electron chi connectivity index (χ0n) is 12.5. The van der Waals surface area contributed by atoms with Crippen molar-refractivity contribution in [2.45, 2.75) is 46.7 Å². The Morgan fingerprint density at radius 1 is 1.40 bits per heavy atom. The predicted molar refractivity (Wildman–Crippen MR) is 89.5 cm³/mol. The average molecular weight is 356 g/mol. The van der Waals surface area contributed by atoms with Crippen LogP contribution in [0.5, 0.6) is 0 Å². The summed E-state index contributed by atoms with van der Waals surface area (Å²) in [4.78, 5) is 2.75. The second kappa shape index (κ2) is 6.87. The first-order valence-electron chi connectivity index (χ1n) is 7.10. The Morgan fingerprint density at radius 3 is 2.70 bits per heavy atom. The zero-order valence-corrected chi connectivity index (χ0v) is 14.9. The Hall–Kier alpha value is -0.650. The summed E-state index contributed by atoms with van der Waals surface area (Å²) in [6, 6.07) is 2.50. The monoisotopic (exact) mass is 355 g/mol. The van der Waals surface area contributed by atoms with Crippen molar-refractivity contribution in [3.63, 3.8) is 0 Å². The molecule has 0 radical (unpaired) electrons. The molecule has 0 aromatic carbocycles. The van der Waals surface area contributed by atoms with Crippen molar-refractivity contribution in [2.24, 2.45) is 0 Å². The molecule has 2 aromatic heterocycles. The molecule has 1 N–H and O–H groups in total. The number of hydrogen-bond acceptors (Lipinski definition) is 3. The van der Waals surface area contributed by atoms with Crippen molar-refractivity contribution < 1.29 is 0 Å². The normalized spacial score (nSPS) is 12.8. The molecular weight excluding hydrogens is 334 g/mol. The lowest BCUT2D eigenvalue weighted by Gasteiger charge is -2.19. The molecule has 5 heteroatoms. The highest BCUT2D eigenvalue weighted by Gasteiger charge is 2.23. The van der Waals surface area contributed by atoms with E-state index in [4.69, 9.17) is 0 Å². The fraction of sp³-hybridized carbons (Fsp3) is 0.533. The van der Waals surface area contributed by atoms with E-state index < -0.39 is 0 Å². The second-order valence-electron chi connectivity index (χ2n) is 4.98. The van der Waals surface area contributed by atoms with E-state index in [9.17, 15) is 0 Å². The van der Waals surface area contributed by atoms with Crippen molar-refractivity contribution in [1.82, 2.24) is 15.1 Å². The summed E-state index contributed by atoms with van der Waals surface area (Å²) in [7, 11) is 0. The topological polar surface area (TPSA) is 29.9 Å². The molecule has 2 heterocycles. The van der Waals surface area contributed by atoms with E-state index in [2.05, 4.69) is 64.8 Å². The van der Waals surface area contributed by atoms with E-state index in [1.807, 2.05) is 17.5 Å². The number of thiophene rings is 1. The van der Waals surface area contributed by atoms with E-state index in [-0.39, 0.29) is 6.04 Å². The fourth-order valence-corrected chi connectivity index (χ4v) is 3.98. The minimum Gasteiger partial charge on any atom is -0.305 e. The highest BCUT2D eigenvalue weighted by atomic mass is 79.9. The van der Waals surface area contributed by atoms with E-state index >= 15 is 0 Å². The molecule has 2 rings (SSSR count). The van der Waals surface area contributed by atoms with Gasteiger partial charge in [0, 0.05) is 16.3 Å². The Kier molecular flexibility index (Phi) is 5.41. The summed E-state index contributed by atoms with van der Waals surface area (Å²) in [6.07, 6.45) is 2.99. The highest BCUT2D eigenvalue weighted by Crippen LogP contribution is 2.34. The van der Waals surface area contributed by atoms with Crippen molar-refractivity contribution in [3.05, 3.63) is 37.7 Å². The minimum absolute atomic E-state index is 0.209. The molecule has 1 atom stereocenters. The summed E-state index contributed by atoms with van der Waals surface area (Å²) in [5.41, 5.74) is 2.60. The first kappa shape index (κ1) is 15.7. The van der Waals surface area contributed by atoms with Gasteiger partial charge >= 0.3 is 0 Å². The number of halogens is 1. The van der Waals surface area contributed by atoms with Gasteiger partial charge in [-0.2, -0.15) is 5.10 Å². The Bertz CT molecular complexity index is 554. The Morgan fingerprint density at radius 2 is 2.15 bits per heavy atom. The van der Waals surface area contributed by atoms with E-state index in [0.29, 0.717) is 0 Å². The summed E-state index contributed by atoms with van der Waals surface area (Å²) in [5.74, 6) is 0. The number of aromatic nitrogens is 2. The highest BCUT2D eigenvalue weighted by molar-refractivity contribution is 9.10. The lowest BCUT2D eigenvalue weighted by molar-refractivity contribution is 0.522. The maximum atomic E-state index is 4.50. The molecule has 0 saturated carbocycles. The molecule has 0 aliphatic rings. The van der Waals surface area contributed by atoms with Crippen molar-refractivity contribution in [2.75, 3.05) is 6.54 Å². The van der Waals surface area contributed by atoms with Gasteiger partial charge in [0.15, 0.2) is 0 Å². The minimum atomic E-state index is 0.209. The molecule has 0 amide bonds. The van der Waals surface area contributed by atoms with Crippen LogP contribution in [-0.2, 0) is 6.54 Å². The predicted octanol–water partition coefficient (Wildman–Crippen LogP) is 4.43. The van der Waals surface area contributed by atoms with Crippen LogP contribution in [0, 0.1) is 13.8 Å². The van der Waals surface area contributed by atoms with E-state index in [0.717, 1.165) is 24.0 Å². The molecule has 0 aliphatic heterocycles. The molecular formula is C15H22BrN3S. The lowest BCUT2D eigenvalue weighted by Crippen LogP contribution is -2.24. The standard InChI is InChI=1S/C15H22BrN3S/c1-5-7-19-15(12(16)9-18-19)14(17-6-2)13-8-10(3)11(4)20-13/h8-9,14,17H,5-7H2,1-4H3. The second-order valence-corrected chi connectivity index (χ2v) is 7.12. The molecule has 110 valence electrons. The summed E-state index contributed by atoms with van der Waals surface area (Å²) < 4.78 is 3.20. The van der Waals surface area contributed by atoms with Gasteiger partial charge in [0.25, 0.3) is 0 Å². The maximum absolute atomic E-state index is 4.50. The molecule has 0 saturated heterocycles. The molecule has 3 nitrogen and oxygen atoms in total. The number of hydrogen-bond donors (Lipinski definition) is 1. The number of nitrogens with one attached hydrogen (secondary N) is 1. The molecule has 0 spiro atoms. The van der Waals surface area contributed by atoms with Crippen molar-refractivity contribution in [1.29, 1.82) is 0 Å². The molecule has 20 heavy (non-hydrogen) atoms. The lowest BCUT2D eigenvalue weighted by atomic mass is 10.1. The quantitative estimate of drug-likeness (QED) is 0.830. The van der Waals surface area contributed by atoms with E-state index in [1.165, 1.54) is 21.0 Å². The first-order valence-corrected chi connectivity index (χ1v) is 8.70. The van der Waals surface area contributed by atoms with Crippen LogP contribution in [0.1, 0.15) is 47.3 Å². The van der Waals surface area contributed by atoms with Crippen LogP contribution >= 0.6 is 27.3 Å². The van der Waals surface area contributed by atoms with Gasteiger partial charge in [-0.15, -0.1) is 11.3 Å². The van der Waals surface area contributed by atoms with Gasteiger partial charge in [-0.1, -0.05) is 13.8 Å². The molecule has 1 unspecified atom stereocenters. The van der Waals surface area contributed by atoms with Gasteiger partial charge in [-0.05, 0) is 54.4 Å². The Balaban J connectivity index is 2.45. The third kappa shape index (κ3) is 3.15. The van der Waals surface area contributed by atoms with Crippen LogP contribution in [0.15, 0.2) is 16.7 Å². The van der Waals surface area contributed by atoms with E-state index in [1.54, 1.807) is 0 Å². The van der Waals surface area contributed by atoms with Crippen LogP contribution in [0.2, 0.25) is 0 Å². The first-order chi connectivity index (χ1) is 9.58. The van der Waals surface area contributed by atoms with Gasteiger partial charge in [-0.25, -0.2) is 0 Å². The van der Waals surface area contributed by atoms with Crippen LogP contribution in [0.25, 0.3) is 0 Å².